The quantitative estimate of drug-likeness (QED) is 0.235. The van der Waals surface area contributed by atoms with Crippen molar-refractivity contribution in [2.45, 2.75) is 19.3 Å². The van der Waals surface area contributed by atoms with E-state index in [0.717, 1.165) is 22.5 Å². The summed E-state index contributed by atoms with van der Waals surface area (Å²) < 4.78 is 0. The zero-order valence-corrected chi connectivity index (χ0v) is 22.2. The van der Waals surface area contributed by atoms with E-state index in [-0.39, 0.29) is 5.41 Å². The van der Waals surface area contributed by atoms with Crippen LogP contribution in [0, 0.1) is 0 Å². The number of hydrogen-bond acceptors (Lipinski definition) is 1. The van der Waals surface area contributed by atoms with E-state index in [1.807, 2.05) is 6.07 Å². The number of aromatic nitrogens is 1. The van der Waals surface area contributed by atoms with Crippen LogP contribution in [0.15, 0.2) is 140 Å². The fourth-order valence-electron chi connectivity index (χ4n) is 5.97. The molecule has 0 bridgehead atoms. The fourth-order valence-corrected chi connectivity index (χ4v) is 5.97. The zero-order chi connectivity index (χ0) is 26.4. The summed E-state index contributed by atoms with van der Waals surface area (Å²) in [6, 6.07) is 50.0. The molecule has 0 N–H and O–H groups in total. The summed E-state index contributed by atoms with van der Waals surface area (Å²) in [6.07, 6.45) is 0. The van der Waals surface area contributed by atoms with Gasteiger partial charge in [0.1, 0.15) is 0 Å². The first-order chi connectivity index (χ1) is 19.1. The van der Waals surface area contributed by atoms with Crippen molar-refractivity contribution in [1.29, 1.82) is 0 Å². The molecule has 0 atom stereocenters. The standard InChI is InChI=1S/C38H29N/c1-38(2)34-16-10-9-15-32(34)33-23-30(21-22-35(33)38)27-17-19-29(20-18-27)37-25-31(26-11-5-3-6-12-26)24-36(39-37)28-13-7-4-8-14-28/h3-25H,1-2H3. The van der Waals surface area contributed by atoms with Crippen molar-refractivity contribution >= 4 is 0 Å². The third-order valence-corrected chi connectivity index (χ3v) is 8.10. The zero-order valence-electron chi connectivity index (χ0n) is 22.2. The number of fused-ring (bicyclic) bond motifs is 3. The molecule has 0 saturated heterocycles. The summed E-state index contributed by atoms with van der Waals surface area (Å²) in [4.78, 5) is 5.09. The van der Waals surface area contributed by atoms with Gasteiger partial charge in [-0.3, -0.25) is 0 Å². The molecule has 0 unspecified atom stereocenters. The van der Waals surface area contributed by atoms with Crippen molar-refractivity contribution in [2.24, 2.45) is 0 Å². The third kappa shape index (κ3) is 4.08. The highest BCUT2D eigenvalue weighted by Crippen LogP contribution is 2.49. The Labute approximate surface area is 230 Å². The summed E-state index contributed by atoms with van der Waals surface area (Å²) in [5.74, 6) is 0. The van der Waals surface area contributed by atoms with Crippen molar-refractivity contribution in [1.82, 2.24) is 4.98 Å². The first-order valence-corrected chi connectivity index (χ1v) is 13.6. The van der Waals surface area contributed by atoms with Crippen LogP contribution in [0.5, 0.6) is 0 Å². The molecule has 1 nitrogen and oxygen atoms in total. The first-order valence-electron chi connectivity index (χ1n) is 13.6. The van der Waals surface area contributed by atoms with Gasteiger partial charge in [-0.2, -0.15) is 0 Å². The minimum absolute atomic E-state index is 0.0280. The molecule has 186 valence electrons. The van der Waals surface area contributed by atoms with Crippen LogP contribution < -0.4 is 0 Å². The highest BCUT2D eigenvalue weighted by Gasteiger charge is 2.35. The van der Waals surface area contributed by atoms with Crippen molar-refractivity contribution < 1.29 is 0 Å². The molecule has 1 heteroatoms. The maximum Gasteiger partial charge on any atom is 0.0715 e. The van der Waals surface area contributed by atoms with E-state index < -0.39 is 0 Å². The van der Waals surface area contributed by atoms with Gasteiger partial charge in [0.05, 0.1) is 11.4 Å². The highest BCUT2D eigenvalue weighted by atomic mass is 14.7. The highest BCUT2D eigenvalue weighted by molar-refractivity contribution is 5.85. The van der Waals surface area contributed by atoms with Gasteiger partial charge >= 0.3 is 0 Å². The molecule has 7 rings (SSSR count). The van der Waals surface area contributed by atoms with Crippen molar-refractivity contribution in [3.8, 4) is 55.9 Å². The summed E-state index contributed by atoms with van der Waals surface area (Å²) >= 11 is 0. The number of nitrogens with zero attached hydrogens (tertiary/aromatic N) is 1. The van der Waals surface area contributed by atoms with Crippen molar-refractivity contribution in [3.05, 3.63) is 151 Å². The molecule has 0 fully saturated rings. The van der Waals surface area contributed by atoms with Crippen molar-refractivity contribution in [3.63, 3.8) is 0 Å². The topological polar surface area (TPSA) is 12.9 Å². The van der Waals surface area contributed by atoms with E-state index in [0.29, 0.717) is 0 Å². The summed E-state index contributed by atoms with van der Waals surface area (Å²) in [5, 5.41) is 0. The smallest absolute Gasteiger partial charge is 0.0715 e. The Balaban J connectivity index is 1.28. The van der Waals surface area contributed by atoms with Gasteiger partial charge in [0.15, 0.2) is 0 Å². The number of benzene rings is 5. The molecule has 0 aliphatic heterocycles. The van der Waals surface area contributed by atoms with Gasteiger partial charge < -0.3 is 0 Å². The van der Waals surface area contributed by atoms with Crippen LogP contribution in [0.2, 0.25) is 0 Å². The summed E-state index contributed by atoms with van der Waals surface area (Å²) in [6.45, 7) is 4.65. The SMILES string of the molecule is CC1(C)c2ccccc2-c2cc(-c3ccc(-c4cc(-c5ccccc5)cc(-c5ccccc5)n4)cc3)ccc21. The minimum atomic E-state index is 0.0280. The Bertz CT molecular complexity index is 1740. The molecule has 0 saturated carbocycles. The Morgan fingerprint density at radius 1 is 0.385 bits per heavy atom. The van der Waals surface area contributed by atoms with Crippen LogP contribution in [0.1, 0.15) is 25.0 Å². The number of pyridine rings is 1. The molecule has 1 heterocycles. The van der Waals surface area contributed by atoms with Crippen LogP contribution in [-0.4, -0.2) is 4.98 Å². The molecule has 1 aliphatic carbocycles. The van der Waals surface area contributed by atoms with E-state index in [9.17, 15) is 0 Å². The molecular weight excluding hydrogens is 470 g/mol. The van der Waals surface area contributed by atoms with Crippen LogP contribution in [0.25, 0.3) is 55.9 Å². The Morgan fingerprint density at radius 3 is 1.56 bits per heavy atom. The van der Waals surface area contributed by atoms with Crippen LogP contribution in [0.4, 0.5) is 0 Å². The van der Waals surface area contributed by atoms with E-state index in [4.69, 9.17) is 4.98 Å². The molecule has 1 aliphatic rings. The minimum Gasteiger partial charge on any atom is -0.248 e. The molecule has 0 radical (unpaired) electrons. The maximum absolute atomic E-state index is 5.09. The lowest BCUT2D eigenvalue weighted by Gasteiger charge is -2.21. The lowest BCUT2D eigenvalue weighted by Crippen LogP contribution is -2.14. The van der Waals surface area contributed by atoms with E-state index in [2.05, 4.69) is 147 Å². The molecule has 5 aromatic carbocycles. The van der Waals surface area contributed by atoms with E-state index in [1.165, 1.54) is 44.5 Å². The van der Waals surface area contributed by atoms with E-state index in [1.54, 1.807) is 0 Å². The predicted octanol–water partition coefficient (Wildman–Crippen LogP) is 10.1. The number of rotatable bonds is 4. The summed E-state index contributed by atoms with van der Waals surface area (Å²) in [5.41, 5.74) is 14.5. The third-order valence-electron chi connectivity index (χ3n) is 8.10. The Morgan fingerprint density at radius 2 is 0.872 bits per heavy atom. The fraction of sp³-hybridized carbons (Fsp3) is 0.0789. The van der Waals surface area contributed by atoms with Gasteiger partial charge in [-0.25, -0.2) is 4.98 Å². The van der Waals surface area contributed by atoms with Gasteiger partial charge in [-0.05, 0) is 62.7 Å². The monoisotopic (exact) mass is 499 g/mol. The summed E-state index contributed by atoms with van der Waals surface area (Å²) in [7, 11) is 0. The maximum atomic E-state index is 5.09. The second kappa shape index (κ2) is 9.22. The second-order valence-corrected chi connectivity index (χ2v) is 10.9. The van der Waals surface area contributed by atoms with Gasteiger partial charge in [0.2, 0.25) is 0 Å². The molecule has 0 amide bonds. The van der Waals surface area contributed by atoms with E-state index >= 15 is 0 Å². The Kier molecular flexibility index (Phi) is 5.52. The number of hydrogen-bond donors (Lipinski definition) is 0. The molecule has 1 aromatic heterocycles. The van der Waals surface area contributed by atoms with Crippen molar-refractivity contribution in [2.75, 3.05) is 0 Å². The second-order valence-electron chi connectivity index (χ2n) is 10.9. The predicted molar refractivity (Wildman–Crippen MR) is 164 cm³/mol. The van der Waals surface area contributed by atoms with Gasteiger partial charge in [-0.15, -0.1) is 0 Å². The lowest BCUT2D eigenvalue weighted by molar-refractivity contribution is 0.660. The van der Waals surface area contributed by atoms with Crippen LogP contribution >= 0.6 is 0 Å². The van der Waals surface area contributed by atoms with Gasteiger partial charge in [-0.1, -0.05) is 135 Å². The average molecular weight is 500 g/mol. The molecule has 39 heavy (non-hydrogen) atoms. The first kappa shape index (κ1) is 23.4. The average Bonchev–Trinajstić information content (AvgIpc) is 3.24. The largest absolute Gasteiger partial charge is 0.248 e. The van der Waals surface area contributed by atoms with Gasteiger partial charge in [0, 0.05) is 16.5 Å². The molecule has 6 aromatic rings. The Hall–Kier alpha value is -4.75. The molecular formula is C38H29N. The van der Waals surface area contributed by atoms with Crippen LogP contribution in [-0.2, 0) is 5.41 Å². The van der Waals surface area contributed by atoms with Gasteiger partial charge in [0.25, 0.3) is 0 Å². The lowest BCUT2D eigenvalue weighted by atomic mass is 9.82. The normalized spacial score (nSPS) is 13.1. The molecule has 0 spiro atoms. The van der Waals surface area contributed by atoms with Crippen LogP contribution in [0.3, 0.4) is 0 Å².